The first kappa shape index (κ1) is 16.1. The lowest BCUT2D eigenvalue weighted by molar-refractivity contribution is 0.396. The highest BCUT2D eigenvalue weighted by atomic mass is 32.2. The zero-order valence-electron chi connectivity index (χ0n) is 11.8. The highest BCUT2D eigenvalue weighted by Crippen LogP contribution is 2.24. The summed E-state index contributed by atoms with van der Waals surface area (Å²) in [6.45, 7) is 5.20. The smallest absolute Gasteiger partial charge is 0.246 e. The van der Waals surface area contributed by atoms with Crippen LogP contribution in [0.1, 0.15) is 24.7 Å². The number of aromatic nitrogens is 2. The molecule has 0 saturated heterocycles. The van der Waals surface area contributed by atoms with E-state index in [4.69, 9.17) is 18.0 Å². The maximum Gasteiger partial charge on any atom is 0.246 e. The fourth-order valence-corrected chi connectivity index (χ4v) is 3.93. The summed E-state index contributed by atoms with van der Waals surface area (Å²) in [7, 11) is -0.336. The summed E-state index contributed by atoms with van der Waals surface area (Å²) >= 11 is 4.83. The molecule has 0 aromatic carbocycles. The van der Waals surface area contributed by atoms with Gasteiger partial charge in [0.15, 0.2) is 0 Å². The summed E-state index contributed by atoms with van der Waals surface area (Å²) in [5, 5.41) is 4.14. The van der Waals surface area contributed by atoms with Crippen LogP contribution < -0.4 is 5.73 Å². The summed E-state index contributed by atoms with van der Waals surface area (Å²) in [4.78, 5) is 0.557. The minimum Gasteiger partial charge on any atom is -0.393 e. The van der Waals surface area contributed by atoms with Gasteiger partial charge in [0.1, 0.15) is 4.90 Å². The molecule has 1 aromatic heterocycles. The van der Waals surface area contributed by atoms with Crippen molar-refractivity contribution >= 4 is 27.2 Å². The molecule has 1 aromatic rings. The summed E-state index contributed by atoms with van der Waals surface area (Å²) in [6.07, 6.45) is 0.351. The van der Waals surface area contributed by atoms with E-state index >= 15 is 0 Å². The molecular weight excluding hydrogens is 284 g/mol. The number of aryl methyl sites for hydroxylation is 2. The van der Waals surface area contributed by atoms with Crippen LogP contribution >= 0.6 is 12.2 Å². The minimum absolute atomic E-state index is 0.257. The first-order valence-electron chi connectivity index (χ1n) is 5.85. The van der Waals surface area contributed by atoms with Crippen LogP contribution in [0.25, 0.3) is 0 Å². The van der Waals surface area contributed by atoms with Crippen molar-refractivity contribution in [3.05, 3.63) is 11.4 Å². The van der Waals surface area contributed by atoms with Crippen LogP contribution in [0.4, 0.5) is 0 Å². The van der Waals surface area contributed by atoms with Crippen molar-refractivity contribution in [1.29, 1.82) is 0 Å². The van der Waals surface area contributed by atoms with E-state index in [-0.39, 0.29) is 10.9 Å². The second kappa shape index (κ2) is 5.56. The van der Waals surface area contributed by atoms with Gasteiger partial charge in [-0.2, -0.15) is 9.40 Å². The lowest BCUT2D eigenvalue weighted by Gasteiger charge is -2.24. The molecule has 0 spiro atoms. The van der Waals surface area contributed by atoms with Crippen LogP contribution in [0.3, 0.4) is 0 Å². The second-order valence-corrected chi connectivity index (χ2v) is 7.12. The van der Waals surface area contributed by atoms with E-state index in [0.717, 1.165) is 0 Å². The van der Waals surface area contributed by atoms with E-state index in [1.54, 1.807) is 32.5 Å². The van der Waals surface area contributed by atoms with E-state index in [1.165, 1.54) is 11.4 Å². The van der Waals surface area contributed by atoms with Gasteiger partial charge >= 0.3 is 0 Å². The Labute approximate surface area is 119 Å². The Kier molecular flexibility index (Phi) is 4.70. The van der Waals surface area contributed by atoms with Gasteiger partial charge in [-0.15, -0.1) is 0 Å². The summed E-state index contributed by atoms with van der Waals surface area (Å²) in [5.74, 6) is 0. The van der Waals surface area contributed by atoms with Crippen LogP contribution in [0, 0.1) is 13.8 Å². The fraction of sp³-hybridized carbons (Fsp3) is 0.636. The fourth-order valence-electron chi connectivity index (χ4n) is 1.93. The third-order valence-electron chi connectivity index (χ3n) is 3.20. The summed E-state index contributed by atoms with van der Waals surface area (Å²) in [6, 6.07) is -0.290. The van der Waals surface area contributed by atoms with Crippen molar-refractivity contribution in [2.75, 3.05) is 7.05 Å². The molecule has 2 N–H and O–H groups in total. The first-order valence-corrected chi connectivity index (χ1v) is 7.70. The van der Waals surface area contributed by atoms with E-state index in [9.17, 15) is 8.42 Å². The normalized spacial score (nSPS) is 13.8. The molecule has 19 heavy (non-hydrogen) atoms. The SMILES string of the molecule is Cc1nn(C)c(C)c1S(=O)(=O)N(C)C(C)CC(N)=S. The molecule has 0 aliphatic carbocycles. The predicted octanol–water partition coefficient (Wildman–Crippen LogP) is 0.722. The Morgan fingerprint density at radius 2 is 2.05 bits per heavy atom. The van der Waals surface area contributed by atoms with Gasteiger partial charge in [-0.05, 0) is 20.8 Å². The molecule has 1 heterocycles. The number of rotatable bonds is 5. The molecule has 1 rings (SSSR count). The van der Waals surface area contributed by atoms with Gasteiger partial charge in [0.05, 0.1) is 16.4 Å². The summed E-state index contributed by atoms with van der Waals surface area (Å²) in [5.41, 5.74) is 6.58. The number of sulfonamides is 1. The lowest BCUT2D eigenvalue weighted by atomic mass is 10.2. The van der Waals surface area contributed by atoms with E-state index in [2.05, 4.69) is 5.10 Å². The molecule has 0 aliphatic heterocycles. The average Bonchev–Trinajstić information content (AvgIpc) is 2.51. The predicted molar refractivity (Wildman–Crippen MR) is 78.5 cm³/mol. The molecular formula is C11H20N4O2S2. The molecule has 6 nitrogen and oxygen atoms in total. The molecule has 0 aliphatic rings. The Bertz CT molecular complexity index is 592. The van der Waals surface area contributed by atoms with Crippen LogP contribution in [0.5, 0.6) is 0 Å². The highest BCUT2D eigenvalue weighted by molar-refractivity contribution is 7.89. The zero-order valence-corrected chi connectivity index (χ0v) is 13.5. The molecule has 108 valence electrons. The molecule has 0 amide bonds. The molecule has 1 unspecified atom stereocenters. The quantitative estimate of drug-likeness (QED) is 0.811. The Morgan fingerprint density at radius 1 is 1.53 bits per heavy atom. The van der Waals surface area contributed by atoms with Crippen molar-refractivity contribution in [2.24, 2.45) is 12.8 Å². The third-order valence-corrected chi connectivity index (χ3v) is 5.59. The van der Waals surface area contributed by atoms with Crippen LogP contribution in [0.15, 0.2) is 4.90 Å². The zero-order chi connectivity index (χ0) is 15.0. The van der Waals surface area contributed by atoms with Crippen molar-refractivity contribution in [3.8, 4) is 0 Å². The van der Waals surface area contributed by atoms with Crippen LogP contribution in [0.2, 0.25) is 0 Å². The maximum atomic E-state index is 12.6. The monoisotopic (exact) mass is 304 g/mol. The minimum atomic E-state index is -3.59. The van der Waals surface area contributed by atoms with E-state index in [1.807, 2.05) is 0 Å². The van der Waals surface area contributed by atoms with Gasteiger partial charge in [-0.25, -0.2) is 8.42 Å². The van der Waals surface area contributed by atoms with Gasteiger partial charge in [-0.1, -0.05) is 12.2 Å². The Balaban J connectivity index is 3.20. The van der Waals surface area contributed by atoms with Crippen molar-refractivity contribution in [3.63, 3.8) is 0 Å². The molecule has 0 bridgehead atoms. The second-order valence-electron chi connectivity index (χ2n) is 4.66. The number of thiocarbonyl (C=S) groups is 1. The number of hydrogen-bond acceptors (Lipinski definition) is 4. The third kappa shape index (κ3) is 3.13. The Hall–Kier alpha value is -0.990. The molecule has 0 fully saturated rings. The number of nitrogens with zero attached hydrogens (tertiary/aromatic N) is 3. The standard InChI is InChI=1S/C11H20N4O2S2/c1-7(6-10(12)18)15(5)19(16,17)11-8(2)13-14(4)9(11)3/h7H,6H2,1-5H3,(H2,12,18). The summed E-state index contributed by atoms with van der Waals surface area (Å²) < 4.78 is 28.1. The van der Waals surface area contributed by atoms with Crippen molar-refractivity contribution < 1.29 is 8.42 Å². The maximum absolute atomic E-state index is 12.6. The van der Waals surface area contributed by atoms with Gasteiger partial charge < -0.3 is 5.73 Å². The highest BCUT2D eigenvalue weighted by Gasteiger charge is 2.31. The molecule has 1 atom stereocenters. The molecule has 8 heteroatoms. The first-order chi connectivity index (χ1) is 8.59. The number of hydrogen-bond donors (Lipinski definition) is 1. The topological polar surface area (TPSA) is 81.2 Å². The van der Waals surface area contributed by atoms with Gasteiger partial charge in [0.25, 0.3) is 0 Å². The number of nitrogens with two attached hydrogens (primary N) is 1. The van der Waals surface area contributed by atoms with Crippen LogP contribution in [-0.4, -0.2) is 40.6 Å². The van der Waals surface area contributed by atoms with Gasteiger partial charge in [-0.3, -0.25) is 4.68 Å². The van der Waals surface area contributed by atoms with E-state index in [0.29, 0.717) is 22.8 Å². The Morgan fingerprint density at radius 3 is 2.42 bits per heavy atom. The van der Waals surface area contributed by atoms with E-state index < -0.39 is 10.0 Å². The van der Waals surface area contributed by atoms with Crippen molar-refractivity contribution in [2.45, 2.75) is 38.1 Å². The average molecular weight is 304 g/mol. The van der Waals surface area contributed by atoms with Crippen LogP contribution in [-0.2, 0) is 17.1 Å². The molecule has 0 saturated carbocycles. The largest absolute Gasteiger partial charge is 0.393 e. The lowest BCUT2D eigenvalue weighted by Crippen LogP contribution is -2.37. The van der Waals surface area contributed by atoms with Gasteiger partial charge in [0, 0.05) is 26.6 Å². The van der Waals surface area contributed by atoms with Crippen molar-refractivity contribution in [1.82, 2.24) is 14.1 Å². The molecule has 0 radical (unpaired) electrons. The van der Waals surface area contributed by atoms with Gasteiger partial charge in [0.2, 0.25) is 10.0 Å².